The molecule has 22 heavy (non-hydrogen) atoms. The van der Waals surface area contributed by atoms with Crippen LogP contribution in [0.4, 0.5) is 0 Å². The zero-order valence-corrected chi connectivity index (χ0v) is 13.0. The van der Waals surface area contributed by atoms with Crippen molar-refractivity contribution in [3.05, 3.63) is 40.6 Å². The van der Waals surface area contributed by atoms with Crippen molar-refractivity contribution < 1.29 is 9.32 Å². The van der Waals surface area contributed by atoms with Crippen LogP contribution in [0.3, 0.4) is 0 Å². The average molecular weight is 317 g/mol. The molecule has 0 saturated heterocycles. The van der Waals surface area contributed by atoms with Gasteiger partial charge in [0.2, 0.25) is 5.91 Å². The van der Waals surface area contributed by atoms with Crippen LogP contribution < -0.4 is 0 Å². The zero-order valence-electron chi connectivity index (χ0n) is 12.2. The van der Waals surface area contributed by atoms with Crippen LogP contribution in [0.25, 0.3) is 11.3 Å². The van der Waals surface area contributed by atoms with Gasteiger partial charge in [-0.3, -0.25) is 4.79 Å². The van der Waals surface area contributed by atoms with Crippen molar-refractivity contribution in [3.8, 4) is 11.3 Å². The Morgan fingerprint density at radius 3 is 2.73 bits per heavy atom. The minimum absolute atomic E-state index is 0.236. The molecule has 2 aromatic rings. The molecule has 1 aliphatic carbocycles. The van der Waals surface area contributed by atoms with E-state index in [-0.39, 0.29) is 5.92 Å². The van der Waals surface area contributed by atoms with Crippen LogP contribution in [0, 0.1) is 5.92 Å². The summed E-state index contributed by atoms with van der Waals surface area (Å²) in [7, 11) is 0. The van der Waals surface area contributed by atoms with E-state index in [1.165, 1.54) is 6.42 Å². The van der Waals surface area contributed by atoms with Crippen molar-refractivity contribution in [2.24, 2.45) is 5.92 Å². The second kappa shape index (κ2) is 5.43. The molecule has 4 rings (SSSR count). The van der Waals surface area contributed by atoms with Crippen LogP contribution >= 0.6 is 11.6 Å². The Labute approximate surface area is 134 Å². The van der Waals surface area contributed by atoms with Gasteiger partial charge < -0.3 is 9.42 Å². The molecule has 1 aromatic carbocycles. The Balaban J connectivity index is 1.61. The quantitative estimate of drug-likeness (QED) is 0.849. The topological polar surface area (TPSA) is 46.3 Å². The molecule has 0 radical (unpaired) electrons. The van der Waals surface area contributed by atoms with E-state index in [4.69, 9.17) is 16.1 Å². The number of hydrogen-bond donors (Lipinski definition) is 0. The Bertz CT molecular complexity index is 704. The van der Waals surface area contributed by atoms with Crippen LogP contribution in [0.5, 0.6) is 0 Å². The van der Waals surface area contributed by atoms with Crippen LogP contribution in [-0.2, 0) is 17.8 Å². The summed E-state index contributed by atoms with van der Waals surface area (Å²) in [4.78, 5) is 14.4. The van der Waals surface area contributed by atoms with Crippen LogP contribution in [0.2, 0.25) is 5.02 Å². The van der Waals surface area contributed by atoms with Crippen molar-refractivity contribution in [3.63, 3.8) is 0 Å². The highest BCUT2D eigenvalue weighted by Gasteiger charge is 2.33. The monoisotopic (exact) mass is 316 g/mol. The maximum absolute atomic E-state index is 12.5. The molecule has 1 amide bonds. The summed E-state index contributed by atoms with van der Waals surface area (Å²) in [6, 6.07) is 7.57. The molecule has 0 atom stereocenters. The van der Waals surface area contributed by atoms with E-state index < -0.39 is 0 Å². The van der Waals surface area contributed by atoms with Crippen LogP contribution in [0.15, 0.2) is 28.8 Å². The minimum atomic E-state index is 0.236. The second-order valence-electron chi connectivity index (χ2n) is 6.08. The fraction of sp³-hybridized carbons (Fsp3) is 0.412. The van der Waals surface area contributed by atoms with E-state index in [1.54, 1.807) is 0 Å². The Morgan fingerprint density at radius 1 is 1.27 bits per heavy atom. The van der Waals surface area contributed by atoms with Crippen molar-refractivity contribution in [1.29, 1.82) is 0 Å². The van der Waals surface area contributed by atoms with Crippen molar-refractivity contribution in [2.45, 2.75) is 32.2 Å². The van der Waals surface area contributed by atoms with Gasteiger partial charge in [-0.15, -0.1) is 0 Å². The number of carbonyl (C=O) groups excluding carboxylic acids is 1. The van der Waals surface area contributed by atoms with Crippen LogP contribution in [0.1, 0.15) is 30.6 Å². The Morgan fingerprint density at radius 2 is 2.05 bits per heavy atom. The van der Waals surface area contributed by atoms with Gasteiger partial charge in [-0.1, -0.05) is 35.3 Å². The highest BCUT2D eigenvalue weighted by Crippen LogP contribution is 2.33. The number of aromatic nitrogens is 1. The van der Waals surface area contributed by atoms with E-state index >= 15 is 0 Å². The molecule has 1 saturated carbocycles. The first-order chi connectivity index (χ1) is 10.7. The zero-order chi connectivity index (χ0) is 15.1. The maximum Gasteiger partial charge on any atom is 0.225 e. The van der Waals surface area contributed by atoms with E-state index in [1.807, 2.05) is 29.2 Å². The fourth-order valence-electron chi connectivity index (χ4n) is 3.15. The SMILES string of the molecule is O=C(C1CCC1)N1CCc2onc(-c3ccc(Cl)cc3)c2C1. The number of benzene rings is 1. The number of fused-ring (bicyclic) bond motifs is 1. The number of hydrogen-bond acceptors (Lipinski definition) is 3. The largest absolute Gasteiger partial charge is 0.360 e. The lowest BCUT2D eigenvalue weighted by Crippen LogP contribution is -2.41. The summed E-state index contributed by atoms with van der Waals surface area (Å²) in [6.07, 6.45) is 4.00. The molecule has 114 valence electrons. The molecule has 4 nitrogen and oxygen atoms in total. The van der Waals surface area contributed by atoms with Gasteiger partial charge in [-0.2, -0.15) is 0 Å². The standard InChI is InChI=1S/C17H17ClN2O2/c18-13-6-4-11(5-7-13)16-14-10-20(9-8-15(14)22-19-16)17(21)12-2-1-3-12/h4-7,12H,1-3,8-10H2. The predicted octanol–water partition coefficient (Wildman–Crippen LogP) is 3.68. The molecule has 1 aromatic heterocycles. The molecular weight excluding hydrogens is 300 g/mol. The molecular formula is C17H17ClN2O2. The van der Waals surface area contributed by atoms with Gasteiger partial charge in [-0.25, -0.2) is 0 Å². The van der Waals surface area contributed by atoms with E-state index in [2.05, 4.69) is 5.16 Å². The van der Waals surface area contributed by atoms with Gasteiger partial charge >= 0.3 is 0 Å². The molecule has 5 heteroatoms. The smallest absolute Gasteiger partial charge is 0.225 e. The highest BCUT2D eigenvalue weighted by molar-refractivity contribution is 6.30. The normalized spacial score (nSPS) is 18.0. The number of nitrogens with zero attached hydrogens (tertiary/aromatic N) is 2. The van der Waals surface area contributed by atoms with Gasteiger partial charge in [0.15, 0.2) is 0 Å². The average Bonchev–Trinajstić information content (AvgIpc) is 2.89. The Hall–Kier alpha value is -1.81. The maximum atomic E-state index is 12.5. The van der Waals surface area contributed by atoms with E-state index in [0.717, 1.165) is 48.4 Å². The first kappa shape index (κ1) is 13.8. The minimum Gasteiger partial charge on any atom is -0.360 e. The third kappa shape index (κ3) is 2.31. The fourth-order valence-corrected chi connectivity index (χ4v) is 3.27. The van der Waals surface area contributed by atoms with E-state index in [0.29, 0.717) is 17.5 Å². The lowest BCUT2D eigenvalue weighted by Gasteiger charge is -2.33. The molecule has 2 aliphatic rings. The summed E-state index contributed by atoms with van der Waals surface area (Å²) in [6.45, 7) is 1.34. The summed E-state index contributed by atoms with van der Waals surface area (Å²) in [5, 5.41) is 4.91. The molecule has 0 N–H and O–H groups in total. The summed E-state index contributed by atoms with van der Waals surface area (Å²) < 4.78 is 5.48. The first-order valence-electron chi connectivity index (χ1n) is 7.74. The van der Waals surface area contributed by atoms with Gasteiger partial charge in [-0.05, 0) is 25.0 Å². The summed E-state index contributed by atoms with van der Waals surface area (Å²) >= 11 is 5.94. The summed E-state index contributed by atoms with van der Waals surface area (Å²) in [5.74, 6) is 1.43. The number of rotatable bonds is 2. The lowest BCUT2D eigenvalue weighted by atomic mass is 9.84. The molecule has 0 bridgehead atoms. The second-order valence-corrected chi connectivity index (χ2v) is 6.51. The molecule has 1 aliphatic heterocycles. The number of halogens is 1. The van der Waals surface area contributed by atoms with Crippen molar-refractivity contribution >= 4 is 17.5 Å². The summed E-state index contributed by atoms with van der Waals surface area (Å²) in [5.41, 5.74) is 2.85. The third-order valence-electron chi connectivity index (χ3n) is 4.71. The lowest BCUT2D eigenvalue weighted by molar-refractivity contribution is -0.139. The molecule has 2 heterocycles. The van der Waals surface area contributed by atoms with E-state index in [9.17, 15) is 4.79 Å². The van der Waals surface area contributed by atoms with Gasteiger partial charge in [0.05, 0.1) is 6.54 Å². The Kier molecular flexibility index (Phi) is 3.41. The number of carbonyl (C=O) groups is 1. The van der Waals surface area contributed by atoms with Gasteiger partial charge in [0, 0.05) is 35.0 Å². The van der Waals surface area contributed by atoms with Gasteiger partial charge in [0.25, 0.3) is 0 Å². The number of amides is 1. The van der Waals surface area contributed by atoms with Gasteiger partial charge in [0.1, 0.15) is 11.5 Å². The molecule has 1 fully saturated rings. The third-order valence-corrected chi connectivity index (χ3v) is 4.96. The first-order valence-corrected chi connectivity index (χ1v) is 8.12. The molecule has 0 spiro atoms. The van der Waals surface area contributed by atoms with Crippen molar-refractivity contribution in [1.82, 2.24) is 10.1 Å². The molecule has 0 unspecified atom stereocenters. The predicted molar refractivity (Wildman–Crippen MR) is 83.4 cm³/mol. The van der Waals surface area contributed by atoms with Crippen LogP contribution in [-0.4, -0.2) is 22.5 Å². The van der Waals surface area contributed by atoms with Crippen molar-refractivity contribution in [2.75, 3.05) is 6.54 Å². The highest BCUT2D eigenvalue weighted by atomic mass is 35.5.